The van der Waals surface area contributed by atoms with Crippen LogP contribution in [0.15, 0.2) is 53.4 Å². The van der Waals surface area contributed by atoms with E-state index in [1.807, 2.05) is 26.0 Å². The Morgan fingerprint density at radius 3 is 2.55 bits per heavy atom. The monoisotopic (exact) mass is 436 g/mol. The van der Waals surface area contributed by atoms with Gasteiger partial charge in [-0.05, 0) is 63.1 Å². The summed E-state index contributed by atoms with van der Waals surface area (Å²) in [5.41, 5.74) is 0.587. The Balaban J connectivity index is 1.72. The van der Waals surface area contributed by atoms with Crippen LogP contribution in [0, 0.1) is 5.92 Å². The van der Waals surface area contributed by atoms with E-state index in [-0.39, 0.29) is 23.5 Å². The zero-order valence-corrected chi connectivity index (χ0v) is 18.0. The molecule has 0 saturated carbocycles. The first-order valence-corrected chi connectivity index (χ1v) is 11.4. The van der Waals surface area contributed by atoms with Crippen molar-refractivity contribution in [3.05, 3.63) is 53.6 Å². The first-order chi connectivity index (χ1) is 13.8. The molecule has 29 heavy (non-hydrogen) atoms. The third-order valence-electron chi connectivity index (χ3n) is 4.71. The van der Waals surface area contributed by atoms with Gasteiger partial charge in [-0.1, -0.05) is 23.7 Å². The molecule has 1 amide bonds. The first-order valence-electron chi connectivity index (χ1n) is 9.59. The fourth-order valence-corrected chi connectivity index (χ4v) is 4.94. The minimum absolute atomic E-state index is 0.0252. The van der Waals surface area contributed by atoms with E-state index in [2.05, 4.69) is 5.32 Å². The van der Waals surface area contributed by atoms with Gasteiger partial charge in [-0.3, -0.25) is 4.79 Å². The van der Waals surface area contributed by atoms with E-state index in [0.29, 0.717) is 35.8 Å². The minimum atomic E-state index is -3.67. The van der Waals surface area contributed by atoms with Gasteiger partial charge in [-0.25, -0.2) is 8.42 Å². The highest BCUT2D eigenvalue weighted by molar-refractivity contribution is 7.89. The van der Waals surface area contributed by atoms with E-state index >= 15 is 0 Å². The maximum atomic E-state index is 12.9. The normalized spacial score (nSPS) is 17.9. The summed E-state index contributed by atoms with van der Waals surface area (Å²) in [4.78, 5) is 13.0. The summed E-state index contributed by atoms with van der Waals surface area (Å²) in [6.45, 7) is 4.37. The number of nitrogens with one attached hydrogen (secondary N) is 1. The minimum Gasteiger partial charge on any atom is -0.489 e. The molecule has 6 nitrogen and oxygen atoms in total. The van der Waals surface area contributed by atoms with Gasteiger partial charge in [0, 0.05) is 18.1 Å². The topological polar surface area (TPSA) is 75.7 Å². The fraction of sp³-hybridized carbons (Fsp3) is 0.381. The van der Waals surface area contributed by atoms with E-state index in [9.17, 15) is 13.2 Å². The number of amides is 1. The molecule has 0 spiro atoms. The number of carbonyl (C=O) groups excluding carboxylic acids is 1. The van der Waals surface area contributed by atoms with Crippen LogP contribution >= 0.6 is 11.6 Å². The van der Waals surface area contributed by atoms with Crippen molar-refractivity contribution in [2.75, 3.05) is 18.4 Å². The SMILES string of the molecule is CC(C)Oc1ccccc1NC(=O)[C@@H]1CCCN(S(=O)(=O)c2ccc(Cl)cc2)C1. The van der Waals surface area contributed by atoms with Crippen molar-refractivity contribution in [2.45, 2.75) is 37.7 Å². The maximum absolute atomic E-state index is 12.9. The van der Waals surface area contributed by atoms with Crippen molar-refractivity contribution in [3.63, 3.8) is 0 Å². The Bertz CT molecular complexity index is 961. The van der Waals surface area contributed by atoms with Crippen molar-refractivity contribution in [2.24, 2.45) is 5.92 Å². The van der Waals surface area contributed by atoms with Gasteiger partial charge in [0.25, 0.3) is 0 Å². The predicted octanol–water partition coefficient (Wildman–Crippen LogP) is 4.17. The molecule has 0 bridgehead atoms. The number of hydrogen-bond donors (Lipinski definition) is 1. The molecule has 1 N–H and O–H groups in total. The lowest BCUT2D eigenvalue weighted by Crippen LogP contribution is -2.43. The first kappa shape index (κ1) is 21.6. The number of piperidine rings is 1. The second-order valence-corrected chi connectivity index (χ2v) is 9.68. The molecular formula is C21H25ClN2O4S. The number of rotatable bonds is 6. The maximum Gasteiger partial charge on any atom is 0.243 e. The zero-order chi connectivity index (χ0) is 21.0. The van der Waals surface area contributed by atoms with E-state index in [1.54, 1.807) is 24.3 Å². The smallest absolute Gasteiger partial charge is 0.243 e. The number of para-hydroxylation sites is 2. The van der Waals surface area contributed by atoms with Crippen LogP contribution in [0.25, 0.3) is 0 Å². The van der Waals surface area contributed by atoms with Crippen molar-refractivity contribution in [1.82, 2.24) is 4.31 Å². The highest BCUT2D eigenvalue weighted by atomic mass is 35.5. The molecule has 3 rings (SSSR count). The standard InChI is InChI=1S/C21H25ClN2O4S/c1-15(2)28-20-8-4-3-7-19(20)23-21(25)16-6-5-13-24(14-16)29(26,27)18-11-9-17(22)10-12-18/h3-4,7-12,15-16H,5-6,13-14H2,1-2H3,(H,23,25)/t16-/m1/s1. The summed E-state index contributed by atoms with van der Waals surface area (Å²) in [5, 5.41) is 3.38. The van der Waals surface area contributed by atoms with E-state index in [1.165, 1.54) is 16.4 Å². The second kappa shape index (κ2) is 9.15. The summed E-state index contributed by atoms with van der Waals surface area (Å²) < 4.78 is 33.0. The molecule has 156 valence electrons. The Morgan fingerprint density at radius 1 is 1.17 bits per heavy atom. The lowest BCUT2D eigenvalue weighted by molar-refractivity contribution is -0.120. The van der Waals surface area contributed by atoms with E-state index in [4.69, 9.17) is 16.3 Å². The van der Waals surface area contributed by atoms with Gasteiger partial charge in [0.2, 0.25) is 15.9 Å². The van der Waals surface area contributed by atoms with E-state index in [0.717, 1.165) is 0 Å². The lowest BCUT2D eigenvalue weighted by atomic mass is 9.98. The van der Waals surface area contributed by atoms with Crippen molar-refractivity contribution in [1.29, 1.82) is 0 Å². The summed E-state index contributed by atoms with van der Waals surface area (Å²) in [6.07, 6.45) is 1.23. The number of carbonyl (C=O) groups is 1. The molecule has 1 aliphatic heterocycles. The van der Waals surface area contributed by atoms with Crippen LogP contribution in [0.2, 0.25) is 5.02 Å². The van der Waals surface area contributed by atoms with Gasteiger partial charge in [0.1, 0.15) is 5.75 Å². The van der Waals surface area contributed by atoms with Gasteiger partial charge >= 0.3 is 0 Å². The van der Waals surface area contributed by atoms with Crippen LogP contribution in [0.1, 0.15) is 26.7 Å². The highest BCUT2D eigenvalue weighted by Crippen LogP contribution is 2.28. The van der Waals surface area contributed by atoms with Crippen molar-refractivity contribution in [3.8, 4) is 5.75 Å². The molecule has 1 fully saturated rings. The molecule has 1 saturated heterocycles. The Labute approximate surface area is 176 Å². The van der Waals surface area contributed by atoms with Crippen LogP contribution in [0.3, 0.4) is 0 Å². The third kappa shape index (κ3) is 5.29. The van der Waals surface area contributed by atoms with Gasteiger partial charge in [0.05, 0.1) is 22.6 Å². The van der Waals surface area contributed by atoms with Crippen molar-refractivity contribution < 1.29 is 17.9 Å². The number of benzene rings is 2. The predicted molar refractivity (Wildman–Crippen MR) is 114 cm³/mol. The molecule has 0 aromatic heterocycles. The summed E-state index contributed by atoms with van der Waals surface area (Å²) >= 11 is 5.86. The Kier molecular flexibility index (Phi) is 6.82. The van der Waals surface area contributed by atoms with Gasteiger partial charge in [-0.15, -0.1) is 0 Å². The largest absolute Gasteiger partial charge is 0.489 e. The average Bonchev–Trinajstić information content (AvgIpc) is 2.69. The van der Waals surface area contributed by atoms with E-state index < -0.39 is 15.9 Å². The number of ether oxygens (including phenoxy) is 1. The van der Waals surface area contributed by atoms with Crippen LogP contribution in [-0.2, 0) is 14.8 Å². The van der Waals surface area contributed by atoms with Gasteiger partial charge in [0.15, 0.2) is 0 Å². The number of nitrogens with zero attached hydrogens (tertiary/aromatic N) is 1. The van der Waals surface area contributed by atoms with Crippen LogP contribution in [-0.4, -0.2) is 37.8 Å². The molecule has 1 heterocycles. The lowest BCUT2D eigenvalue weighted by Gasteiger charge is -2.31. The molecule has 2 aromatic carbocycles. The second-order valence-electron chi connectivity index (χ2n) is 7.31. The number of sulfonamides is 1. The Morgan fingerprint density at radius 2 is 1.86 bits per heavy atom. The van der Waals surface area contributed by atoms with Gasteiger partial charge < -0.3 is 10.1 Å². The molecule has 2 aromatic rings. The van der Waals surface area contributed by atoms with Crippen LogP contribution in [0.4, 0.5) is 5.69 Å². The average molecular weight is 437 g/mol. The van der Waals surface area contributed by atoms with Crippen LogP contribution < -0.4 is 10.1 Å². The molecule has 1 aliphatic rings. The molecule has 8 heteroatoms. The summed E-state index contributed by atoms with van der Waals surface area (Å²) in [5.74, 6) is -0.0453. The number of anilines is 1. The zero-order valence-electron chi connectivity index (χ0n) is 16.5. The molecular weight excluding hydrogens is 412 g/mol. The number of halogens is 1. The quantitative estimate of drug-likeness (QED) is 0.737. The molecule has 0 unspecified atom stereocenters. The third-order valence-corrected chi connectivity index (χ3v) is 6.85. The summed E-state index contributed by atoms with van der Waals surface area (Å²) in [7, 11) is -3.67. The fourth-order valence-electron chi connectivity index (χ4n) is 3.29. The molecule has 0 radical (unpaired) electrons. The Hall–Kier alpha value is -2.09. The molecule has 0 aliphatic carbocycles. The number of hydrogen-bond acceptors (Lipinski definition) is 4. The molecule has 1 atom stereocenters. The highest BCUT2D eigenvalue weighted by Gasteiger charge is 2.33. The van der Waals surface area contributed by atoms with Gasteiger partial charge in [-0.2, -0.15) is 4.31 Å². The van der Waals surface area contributed by atoms with Crippen LogP contribution in [0.5, 0.6) is 5.75 Å². The summed E-state index contributed by atoms with van der Waals surface area (Å²) in [6, 6.07) is 13.3. The van der Waals surface area contributed by atoms with Crippen molar-refractivity contribution >= 4 is 33.2 Å².